The van der Waals surface area contributed by atoms with Gasteiger partial charge in [0.1, 0.15) is 0 Å². The van der Waals surface area contributed by atoms with Gasteiger partial charge in [0, 0.05) is 18.7 Å². The monoisotopic (exact) mass is 315 g/mol. The molecule has 0 saturated carbocycles. The van der Waals surface area contributed by atoms with Crippen molar-refractivity contribution in [1.82, 2.24) is 15.1 Å². The number of benzene rings is 1. The number of piperidine rings is 1. The number of aliphatic hydroxyl groups excluding tert-OH is 1. The van der Waals surface area contributed by atoms with Crippen molar-refractivity contribution in [2.75, 3.05) is 13.1 Å². The van der Waals surface area contributed by atoms with E-state index >= 15 is 0 Å². The summed E-state index contributed by atoms with van der Waals surface area (Å²) in [4.78, 5) is 14.3. The van der Waals surface area contributed by atoms with Gasteiger partial charge in [0.25, 0.3) is 5.91 Å². The third-order valence-corrected chi connectivity index (χ3v) is 4.46. The summed E-state index contributed by atoms with van der Waals surface area (Å²) in [6, 6.07) is 7.83. The highest BCUT2D eigenvalue weighted by Gasteiger charge is 2.38. The molecule has 0 radical (unpaired) electrons. The van der Waals surface area contributed by atoms with Crippen molar-refractivity contribution < 1.29 is 15.0 Å². The number of rotatable bonds is 2. The largest absolute Gasteiger partial charge is 0.388 e. The summed E-state index contributed by atoms with van der Waals surface area (Å²) in [6.07, 6.45) is 0.908. The van der Waals surface area contributed by atoms with Crippen LogP contribution in [0.4, 0.5) is 0 Å². The van der Waals surface area contributed by atoms with Crippen LogP contribution >= 0.6 is 0 Å². The topological polar surface area (TPSA) is 89.5 Å². The lowest BCUT2D eigenvalue weighted by atomic mass is 9.90. The highest BCUT2D eigenvalue weighted by Crippen LogP contribution is 2.27. The maximum atomic E-state index is 12.8. The van der Waals surface area contributed by atoms with Gasteiger partial charge in [-0.15, -0.1) is 0 Å². The average molecular weight is 315 g/mol. The third kappa shape index (κ3) is 3.00. The molecule has 2 atom stereocenters. The fraction of sp³-hybridized carbons (Fsp3) is 0.412. The van der Waals surface area contributed by atoms with Gasteiger partial charge in [-0.25, -0.2) is 0 Å². The quantitative estimate of drug-likeness (QED) is 0.780. The molecule has 1 aromatic carbocycles. The lowest BCUT2D eigenvalue weighted by Crippen LogP contribution is -2.55. The predicted molar refractivity (Wildman–Crippen MR) is 85.9 cm³/mol. The van der Waals surface area contributed by atoms with Crippen LogP contribution in [0.5, 0.6) is 0 Å². The first-order valence-corrected chi connectivity index (χ1v) is 7.68. The van der Waals surface area contributed by atoms with Crippen LogP contribution in [0.1, 0.15) is 29.3 Å². The molecule has 0 aliphatic carbocycles. The van der Waals surface area contributed by atoms with Gasteiger partial charge in [-0.2, -0.15) is 5.10 Å². The number of aromatic nitrogens is 2. The van der Waals surface area contributed by atoms with Gasteiger partial charge < -0.3 is 15.1 Å². The number of aryl methyl sites for hydroxylation is 1. The summed E-state index contributed by atoms with van der Waals surface area (Å²) in [5.74, 6) is -0.190. The molecule has 23 heavy (non-hydrogen) atoms. The number of aliphatic hydroxyl groups is 2. The number of carbonyl (C=O) groups excluding carboxylic acids is 1. The minimum absolute atomic E-state index is 0.115. The lowest BCUT2D eigenvalue weighted by molar-refractivity contribution is -0.0999. The summed E-state index contributed by atoms with van der Waals surface area (Å²) >= 11 is 0. The Labute approximate surface area is 134 Å². The van der Waals surface area contributed by atoms with Crippen LogP contribution in [0.2, 0.25) is 0 Å². The molecule has 6 heteroatoms. The van der Waals surface area contributed by atoms with E-state index in [2.05, 4.69) is 10.2 Å². The summed E-state index contributed by atoms with van der Waals surface area (Å²) in [7, 11) is 0. The molecule has 3 N–H and O–H groups in total. The Morgan fingerprint density at radius 3 is 2.96 bits per heavy atom. The smallest absolute Gasteiger partial charge is 0.257 e. The predicted octanol–water partition coefficient (Wildman–Crippen LogP) is 1.34. The third-order valence-electron chi connectivity index (χ3n) is 4.46. The zero-order valence-electron chi connectivity index (χ0n) is 13.3. The first-order chi connectivity index (χ1) is 10.9. The molecule has 3 rings (SSSR count). The SMILES string of the molecule is Cc1cccc(-c2[nH]ncc2C(=O)N2CC[C@@](C)(O)[C@@H](O)C2)c1. The molecule has 2 aromatic rings. The van der Waals surface area contributed by atoms with Crippen molar-refractivity contribution >= 4 is 5.91 Å². The van der Waals surface area contributed by atoms with Crippen LogP contribution < -0.4 is 0 Å². The van der Waals surface area contributed by atoms with E-state index in [1.807, 2.05) is 31.2 Å². The second-order valence-electron chi connectivity index (χ2n) is 6.40. The van der Waals surface area contributed by atoms with E-state index in [4.69, 9.17) is 0 Å². The molecule has 1 aliphatic rings. The summed E-state index contributed by atoms with van der Waals surface area (Å²) in [6.45, 7) is 4.10. The van der Waals surface area contributed by atoms with Crippen LogP contribution in [0.3, 0.4) is 0 Å². The number of hydrogen-bond donors (Lipinski definition) is 3. The summed E-state index contributed by atoms with van der Waals surface area (Å²) < 4.78 is 0. The zero-order valence-corrected chi connectivity index (χ0v) is 13.3. The van der Waals surface area contributed by atoms with E-state index in [0.717, 1.165) is 11.1 Å². The molecule has 1 aromatic heterocycles. The molecule has 1 saturated heterocycles. The molecular weight excluding hydrogens is 294 g/mol. The number of aromatic amines is 1. The van der Waals surface area contributed by atoms with Gasteiger partial charge >= 0.3 is 0 Å². The van der Waals surface area contributed by atoms with Crippen molar-refractivity contribution in [3.05, 3.63) is 41.6 Å². The highest BCUT2D eigenvalue weighted by molar-refractivity contribution is 5.99. The van der Waals surface area contributed by atoms with E-state index in [9.17, 15) is 15.0 Å². The minimum atomic E-state index is -1.15. The van der Waals surface area contributed by atoms with Crippen molar-refractivity contribution in [2.24, 2.45) is 0 Å². The van der Waals surface area contributed by atoms with Crippen LogP contribution in [0.15, 0.2) is 30.5 Å². The Balaban J connectivity index is 1.86. The Kier molecular flexibility index (Phi) is 3.95. The van der Waals surface area contributed by atoms with Gasteiger partial charge in [0.2, 0.25) is 0 Å². The first kappa shape index (κ1) is 15.7. The molecule has 0 spiro atoms. The van der Waals surface area contributed by atoms with Crippen LogP contribution in [-0.2, 0) is 0 Å². The fourth-order valence-electron chi connectivity index (χ4n) is 2.85. The molecule has 0 bridgehead atoms. The number of H-pyrrole nitrogens is 1. The van der Waals surface area contributed by atoms with Crippen molar-refractivity contribution in [3.8, 4) is 11.3 Å². The number of nitrogens with one attached hydrogen (secondary N) is 1. The molecule has 6 nitrogen and oxygen atoms in total. The molecular formula is C17H21N3O3. The zero-order chi connectivity index (χ0) is 16.6. The van der Waals surface area contributed by atoms with Crippen LogP contribution in [0.25, 0.3) is 11.3 Å². The van der Waals surface area contributed by atoms with Gasteiger partial charge in [-0.1, -0.05) is 23.8 Å². The highest BCUT2D eigenvalue weighted by atomic mass is 16.3. The Bertz CT molecular complexity index is 723. The molecule has 1 fully saturated rings. The average Bonchev–Trinajstić information content (AvgIpc) is 2.99. The van der Waals surface area contributed by atoms with Crippen molar-refractivity contribution in [2.45, 2.75) is 32.0 Å². The van der Waals surface area contributed by atoms with E-state index in [1.54, 1.807) is 11.8 Å². The molecule has 2 heterocycles. The second kappa shape index (κ2) is 5.79. The number of likely N-dealkylation sites (tertiary alicyclic amines) is 1. The maximum Gasteiger partial charge on any atom is 0.257 e. The molecule has 122 valence electrons. The van der Waals surface area contributed by atoms with Crippen molar-refractivity contribution in [3.63, 3.8) is 0 Å². The Morgan fingerprint density at radius 1 is 1.48 bits per heavy atom. The maximum absolute atomic E-state index is 12.8. The van der Waals surface area contributed by atoms with Crippen LogP contribution in [-0.4, -0.2) is 56.0 Å². The van der Waals surface area contributed by atoms with E-state index < -0.39 is 11.7 Å². The van der Waals surface area contributed by atoms with Gasteiger partial charge in [-0.3, -0.25) is 9.89 Å². The Morgan fingerprint density at radius 2 is 2.26 bits per heavy atom. The fourth-order valence-corrected chi connectivity index (χ4v) is 2.85. The summed E-state index contributed by atoms with van der Waals surface area (Å²) in [5.41, 5.74) is 2.00. The van der Waals surface area contributed by atoms with Gasteiger partial charge in [-0.05, 0) is 26.3 Å². The standard InChI is InChI=1S/C17H21N3O3/c1-11-4-3-5-12(8-11)15-13(9-18-19-15)16(22)20-7-6-17(2,23)14(21)10-20/h3-5,8-9,14,21,23H,6-7,10H2,1-2H3,(H,18,19)/t14-,17+/m0/s1. The van der Waals surface area contributed by atoms with Crippen molar-refractivity contribution in [1.29, 1.82) is 0 Å². The van der Waals surface area contributed by atoms with Gasteiger partial charge in [0.05, 0.1) is 29.2 Å². The lowest BCUT2D eigenvalue weighted by Gasteiger charge is -2.39. The second-order valence-corrected chi connectivity index (χ2v) is 6.40. The van der Waals surface area contributed by atoms with E-state index in [0.29, 0.717) is 24.2 Å². The Hall–Kier alpha value is -2.18. The molecule has 1 amide bonds. The van der Waals surface area contributed by atoms with E-state index in [1.165, 1.54) is 6.20 Å². The minimum Gasteiger partial charge on any atom is -0.388 e. The van der Waals surface area contributed by atoms with E-state index in [-0.39, 0.29) is 12.5 Å². The first-order valence-electron chi connectivity index (χ1n) is 7.68. The number of nitrogens with zero attached hydrogens (tertiary/aromatic N) is 2. The van der Waals surface area contributed by atoms with Gasteiger partial charge in [0.15, 0.2) is 0 Å². The molecule has 0 unspecified atom stereocenters. The molecule has 1 aliphatic heterocycles. The van der Waals surface area contributed by atoms with Crippen LogP contribution in [0, 0.1) is 6.92 Å². The number of hydrogen-bond acceptors (Lipinski definition) is 4. The number of β-amino-alcohol motifs (C(OH)–C–C–N with tert-alkyl or cyclic N) is 1. The summed E-state index contributed by atoms with van der Waals surface area (Å²) in [5, 5.41) is 26.9. The normalized spacial score (nSPS) is 24.7. The number of carbonyl (C=O) groups is 1. The number of amides is 1.